The van der Waals surface area contributed by atoms with E-state index < -0.39 is 5.60 Å². The van der Waals surface area contributed by atoms with Crippen LogP contribution >= 0.6 is 11.6 Å². The van der Waals surface area contributed by atoms with E-state index in [2.05, 4.69) is 9.98 Å². The smallest absolute Gasteiger partial charge is 0.220 e. The molecule has 1 aromatic carbocycles. The molecule has 0 radical (unpaired) electrons. The number of benzene rings is 1. The minimum atomic E-state index is -1.68. The molecule has 0 spiro atoms. The van der Waals surface area contributed by atoms with Crippen LogP contribution in [0.3, 0.4) is 0 Å². The van der Waals surface area contributed by atoms with E-state index in [1.165, 1.54) is 7.11 Å². The molecule has 126 valence electrons. The van der Waals surface area contributed by atoms with E-state index in [0.717, 1.165) is 6.42 Å². The number of aromatic nitrogens is 1. The van der Waals surface area contributed by atoms with Crippen molar-refractivity contribution in [1.82, 2.24) is 4.98 Å². The summed E-state index contributed by atoms with van der Waals surface area (Å²) in [5, 5.41) is 11.9. The number of methoxy groups -OCH3 is 1. The second-order valence-corrected chi connectivity index (χ2v) is 5.88. The van der Waals surface area contributed by atoms with Gasteiger partial charge in [0, 0.05) is 10.6 Å². The number of fused-ring (bicyclic) bond motifs is 1. The molecule has 1 atom stereocenters. The molecule has 0 saturated carbocycles. The van der Waals surface area contributed by atoms with Crippen LogP contribution in [-0.4, -0.2) is 29.6 Å². The van der Waals surface area contributed by atoms with Crippen LogP contribution in [0.25, 0.3) is 0 Å². The van der Waals surface area contributed by atoms with Crippen LogP contribution < -0.4 is 15.2 Å². The largest absolute Gasteiger partial charge is 0.492 e. The van der Waals surface area contributed by atoms with Crippen LogP contribution in [0.5, 0.6) is 11.6 Å². The van der Waals surface area contributed by atoms with Gasteiger partial charge in [-0.15, -0.1) is 0 Å². The van der Waals surface area contributed by atoms with Gasteiger partial charge in [-0.1, -0.05) is 18.5 Å². The van der Waals surface area contributed by atoms with E-state index in [9.17, 15) is 5.11 Å². The summed E-state index contributed by atoms with van der Waals surface area (Å²) in [5.74, 6) is 0.796. The molecule has 1 unspecified atom stereocenters. The fourth-order valence-electron chi connectivity index (χ4n) is 2.68. The van der Waals surface area contributed by atoms with Gasteiger partial charge in [-0.25, -0.2) is 9.98 Å². The Hall–Kier alpha value is -2.31. The lowest BCUT2D eigenvalue weighted by atomic mass is 9.87. The molecule has 1 aromatic heterocycles. The van der Waals surface area contributed by atoms with E-state index in [0.29, 0.717) is 34.2 Å². The highest BCUT2D eigenvalue weighted by atomic mass is 35.5. The first-order valence-electron chi connectivity index (χ1n) is 7.55. The lowest BCUT2D eigenvalue weighted by Crippen LogP contribution is -2.40. The van der Waals surface area contributed by atoms with Gasteiger partial charge >= 0.3 is 0 Å². The molecule has 0 amide bonds. The molecule has 6 nitrogen and oxygen atoms in total. The summed E-state index contributed by atoms with van der Waals surface area (Å²) in [6.07, 6.45) is 2.40. The Morgan fingerprint density at radius 2 is 2.08 bits per heavy atom. The fourth-order valence-corrected chi connectivity index (χ4v) is 2.85. The zero-order chi connectivity index (χ0) is 17.3. The van der Waals surface area contributed by atoms with E-state index in [1.54, 1.807) is 30.5 Å². The molecule has 7 heteroatoms. The summed E-state index contributed by atoms with van der Waals surface area (Å²) in [7, 11) is 1.48. The van der Waals surface area contributed by atoms with Crippen LogP contribution in [0.4, 0.5) is 5.69 Å². The number of ether oxygens (including phenoxy) is 2. The minimum Gasteiger partial charge on any atom is -0.492 e. The third kappa shape index (κ3) is 2.57. The van der Waals surface area contributed by atoms with Gasteiger partial charge in [0.25, 0.3) is 0 Å². The second kappa shape index (κ2) is 6.30. The Morgan fingerprint density at radius 3 is 2.79 bits per heavy atom. The zero-order valence-electron chi connectivity index (χ0n) is 13.4. The van der Waals surface area contributed by atoms with Crippen LogP contribution in [0.1, 0.15) is 24.5 Å². The van der Waals surface area contributed by atoms with Gasteiger partial charge in [-0.3, -0.25) is 0 Å². The normalized spacial score (nSPS) is 18.9. The monoisotopic (exact) mass is 347 g/mol. The quantitative estimate of drug-likeness (QED) is 0.868. The molecule has 0 fully saturated rings. The van der Waals surface area contributed by atoms with Crippen LogP contribution in [0.2, 0.25) is 5.02 Å². The molecular weight excluding hydrogens is 330 g/mol. The molecule has 3 rings (SSSR count). The van der Waals surface area contributed by atoms with Crippen molar-refractivity contribution >= 4 is 23.1 Å². The molecule has 1 aliphatic rings. The maximum absolute atomic E-state index is 11.4. The number of aliphatic hydroxyl groups is 1. The van der Waals surface area contributed by atoms with Crippen molar-refractivity contribution in [3.63, 3.8) is 0 Å². The maximum Gasteiger partial charge on any atom is 0.220 e. The lowest BCUT2D eigenvalue weighted by Gasteiger charge is -2.26. The van der Waals surface area contributed by atoms with Crippen LogP contribution in [0, 0.1) is 0 Å². The fraction of sp³-hybridized carbons (Fsp3) is 0.294. The number of nitrogens with two attached hydrogens (primary N) is 1. The molecule has 1 aliphatic heterocycles. The molecule has 24 heavy (non-hydrogen) atoms. The van der Waals surface area contributed by atoms with Gasteiger partial charge in [-0.05, 0) is 30.7 Å². The SMILES string of the molecule is CCCOc1cnc(OC)c(C2(O)C(N)=Nc3ccc(Cl)cc32)c1. The second-order valence-electron chi connectivity index (χ2n) is 5.45. The molecule has 2 heterocycles. The number of amidine groups is 1. The highest BCUT2D eigenvalue weighted by Gasteiger charge is 2.45. The molecule has 3 N–H and O–H groups in total. The first-order chi connectivity index (χ1) is 11.5. The van der Waals surface area contributed by atoms with Crippen molar-refractivity contribution in [1.29, 1.82) is 0 Å². The van der Waals surface area contributed by atoms with Gasteiger partial charge in [-0.2, -0.15) is 0 Å². The Labute approximate surface area is 144 Å². The standard InChI is InChI=1S/C17H18ClN3O3/c1-3-6-24-11-8-13(15(23-2)20-9-11)17(22)12-7-10(18)4-5-14(12)21-16(17)19/h4-5,7-9,22H,3,6H2,1-2H3,(H2,19,21). The molecule has 0 aliphatic carbocycles. The summed E-state index contributed by atoms with van der Waals surface area (Å²) >= 11 is 6.08. The third-order valence-electron chi connectivity index (χ3n) is 3.84. The summed E-state index contributed by atoms with van der Waals surface area (Å²) in [6.45, 7) is 2.54. The highest BCUT2D eigenvalue weighted by Crippen LogP contribution is 2.45. The Morgan fingerprint density at radius 1 is 1.29 bits per heavy atom. The van der Waals surface area contributed by atoms with Gasteiger partial charge < -0.3 is 20.3 Å². The zero-order valence-corrected chi connectivity index (χ0v) is 14.2. The third-order valence-corrected chi connectivity index (χ3v) is 4.08. The van der Waals surface area contributed by atoms with Crippen molar-refractivity contribution in [2.24, 2.45) is 10.7 Å². The average Bonchev–Trinajstić information content (AvgIpc) is 2.84. The van der Waals surface area contributed by atoms with E-state index >= 15 is 0 Å². The van der Waals surface area contributed by atoms with E-state index in [-0.39, 0.29) is 11.7 Å². The van der Waals surface area contributed by atoms with E-state index in [1.807, 2.05) is 6.92 Å². The highest BCUT2D eigenvalue weighted by molar-refractivity contribution is 6.30. The molecule has 2 aromatic rings. The van der Waals surface area contributed by atoms with Gasteiger partial charge in [0.1, 0.15) is 11.6 Å². The van der Waals surface area contributed by atoms with Crippen molar-refractivity contribution in [3.8, 4) is 11.6 Å². The molecule has 0 bridgehead atoms. The average molecular weight is 348 g/mol. The van der Waals surface area contributed by atoms with Gasteiger partial charge in [0.05, 0.1) is 31.2 Å². The van der Waals surface area contributed by atoms with Crippen LogP contribution in [0.15, 0.2) is 35.5 Å². The Kier molecular flexibility index (Phi) is 4.34. The Balaban J connectivity index is 2.17. The van der Waals surface area contributed by atoms with Crippen molar-refractivity contribution in [2.75, 3.05) is 13.7 Å². The number of halogens is 1. The number of rotatable bonds is 5. The number of pyridine rings is 1. The first-order valence-corrected chi connectivity index (χ1v) is 7.92. The van der Waals surface area contributed by atoms with Gasteiger partial charge in [0.2, 0.25) is 5.88 Å². The van der Waals surface area contributed by atoms with Gasteiger partial charge in [0.15, 0.2) is 5.60 Å². The summed E-state index contributed by atoms with van der Waals surface area (Å²) in [4.78, 5) is 8.47. The number of nitrogens with zero attached hydrogens (tertiary/aromatic N) is 2. The minimum absolute atomic E-state index is 0.0347. The first kappa shape index (κ1) is 16.5. The molecular formula is C17H18ClN3O3. The number of hydrogen-bond donors (Lipinski definition) is 2. The maximum atomic E-state index is 11.4. The summed E-state index contributed by atoms with van der Waals surface area (Å²) in [5.41, 5.74) is 5.78. The molecule has 0 saturated heterocycles. The van der Waals surface area contributed by atoms with E-state index in [4.69, 9.17) is 26.8 Å². The summed E-state index contributed by atoms with van der Waals surface area (Å²) in [6, 6.07) is 6.71. The van der Waals surface area contributed by atoms with Crippen molar-refractivity contribution in [3.05, 3.63) is 46.6 Å². The Bertz CT molecular complexity index is 810. The summed E-state index contributed by atoms with van der Waals surface area (Å²) < 4.78 is 10.9. The predicted octanol–water partition coefficient (Wildman–Crippen LogP) is 2.77. The topological polar surface area (TPSA) is 90.0 Å². The number of aliphatic imine (C=N–C) groups is 1. The van der Waals surface area contributed by atoms with Crippen molar-refractivity contribution < 1.29 is 14.6 Å². The van der Waals surface area contributed by atoms with Crippen LogP contribution in [-0.2, 0) is 5.60 Å². The number of hydrogen-bond acceptors (Lipinski definition) is 6. The van der Waals surface area contributed by atoms with Crippen molar-refractivity contribution in [2.45, 2.75) is 18.9 Å². The predicted molar refractivity (Wildman–Crippen MR) is 92.3 cm³/mol. The lowest BCUT2D eigenvalue weighted by molar-refractivity contribution is 0.152.